The smallest absolute Gasteiger partial charge is 0.139 e. The quantitative estimate of drug-likeness (QED) is 0.676. The average molecular weight is 277 g/mol. The molecule has 1 unspecified atom stereocenters. The van der Waals surface area contributed by atoms with Crippen LogP contribution in [0.1, 0.15) is 24.5 Å². The fourth-order valence-corrected chi connectivity index (χ4v) is 3.58. The van der Waals surface area contributed by atoms with Crippen LogP contribution in [0, 0.1) is 5.92 Å². The molecule has 2 aromatic rings. The Labute approximate surface area is 125 Å². The first kappa shape index (κ1) is 12.6. The molecule has 2 heteroatoms. The molecule has 1 heterocycles. The highest BCUT2D eigenvalue weighted by Crippen LogP contribution is 2.38. The largest absolute Gasteiger partial charge is 0.370 e. The Hall–Kier alpha value is -2.09. The Bertz CT molecular complexity index is 719. The lowest BCUT2D eigenvalue weighted by molar-refractivity contribution is -0.122. The van der Waals surface area contributed by atoms with Crippen LogP contribution in [0.25, 0.3) is 11.1 Å². The van der Waals surface area contributed by atoms with Crippen LogP contribution in [0.15, 0.2) is 42.5 Å². The minimum atomic E-state index is 0.157. The van der Waals surface area contributed by atoms with E-state index in [2.05, 4.69) is 47.4 Å². The van der Waals surface area contributed by atoms with Gasteiger partial charge in [-0.1, -0.05) is 37.3 Å². The van der Waals surface area contributed by atoms with E-state index in [9.17, 15) is 4.79 Å². The summed E-state index contributed by atoms with van der Waals surface area (Å²) < 4.78 is 0. The third-order valence-corrected chi connectivity index (χ3v) is 4.81. The lowest BCUT2D eigenvalue weighted by atomic mass is 9.97. The summed E-state index contributed by atoms with van der Waals surface area (Å²) in [5.74, 6) is 0.559. The molecule has 1 saturated heterocycles. The van der Waals surface area contributed by atoms with Gasteiger partial charge in [-0.25, -0.2) is 0 Å². The highest BCUT2D eigenvalue weighted by Gasteiger charge is 2.25. The molecule has 1 fully saturated rings. The molecule has 0 N–H and O–H groups in total. The maximum atomic E-state index is 11.7. The molecule has 106 valence electrons. The summed E-state index contributed by atoms with van der Waals surface area (Å²) in [7, 11) is 0. The topological polar surface area (TPSA) is 20.3 Å². The van der Waals surface area contributed by atoms with Crippen LogP contribution in [0.4, 0.5) is 5.69 Å². The Morgan fingerprint density at radius 2 is 1.86 bits per heavy atom. The van der Waals surface area contributed by atoms with Gasteiger partial charge >= 0.3 is 0 Å². The van der Waals surface area contributed by atoms with Gasteiger partial charge in [0.2, 0.25) is 0 Å². The molecule has 2 aromatic carbocycles. The molecule has 2 nitrogen and oxygen atoms in total. The second-order valence-corrected chi connectivity index (χ2v) is 6.24. The molecule has 1 aliphatic heterocycles. The lowest BCUT2D eigenvalue weighted by Crippen LogP contribution is -2.39. The summed E-state index contributed by atoms with van der Waals surface area (Å²) >= 11 is 0. The van der Waals surface area contributed by atoms with Crippen LogP contribution in [0.3, 0.4) is 0 Å². The van der Waals surface area contributed by atoms with Crippen molar-refractivity contribution >= 4 is 11.5 Å². The Kier molecular flexibility index (Phi) is 2.85. The van der Waals surface area contributed by atoms with E-state index >= 15 is 0 Å². The van der Waals surface area contributed by atoms with E-state index in [0.29, 0.717) is 12.2 Å². The number of Topliss-reactive ketones (excluding diaryl/α,β-unsaturated/α-hetero) is 1. The van der Waals surface area contributed by atoms with Crippen LogP contribution in [0.5, 0.6) is 0 Å². The SMILES string of the molecule is CC1CN(c2ccc3c(c2)Cc2ccccc2-3)CCC1=O. The van der Waals surface area contributed by atoms with Gasteiger partial charge in [0.25, 0.3) is 0 Å². The second kappa shape index (κ2) is 4.73. The second-order valence-electron chi connectivity index (χ2n) is 6.24. The van der Waals surface area contributed by atoms with Gasteiger partial charge in [0.1, 0.15) is 5.78 Å². The van der Waals surface area contributed by atoms with Crippen LogP contribution >= 0.6 is 0 Å². The van der Waals surface area contributed by atoms with Crippen molar-refractivity contribution < 1.29 is 4.79 Å². The third-order valence-electron chi connectivity index (χ3n) is 4.81. The van der Waals surface area contributed by atoms with Crippen molar-refractivity contribution in [3.05, 3.63) is 53.6 Å². The number of fused-ring (bicyclic) bond motifs is 3. The number of hydrogen-bond acceptors (Lipinski definition) is 2. The van der Waals surface area contributed by atoms with Gasteiger partial charge in [0.15, 0.2) is 0 Å². The Balaban J connectivity index is 1.66. The van der Waals surface area contributed by atoms with E-state index in [1.165, 1.54) is 27.9 Å². The number of carbonyl (C=O) groups is 1. The van der Waals surface area contributed by atoms with Crippen LogP contribution in [-0.2, 0) is 11.2 Å². The monoisotopic (exact) mass is 277 g/mol. The van der Waals surface area contributed by atoms with E-state index in [0.717, 1.165) is 19.5 Å². The highest BCUT2D eigenvalue weighted by molar-refractivity contribution is 5.84. The molecule has 4 rings (SSSR count). The van der Waals surface area contributed by atoms with Crippen LogP contribution < -0.4 is 4.90 Å². The number of hydrogen-bond donors (Lipinski definition) is 0. The van der Waals surface area contributed by atoms with Gasteiger partial charge in [-0.2, -0.15) is 0 Å². The molecule has 0 aromatic heterocycles. The molecule has 21 heavy (non-hydrogen) atoms. The van der Waals surface area contributed by atoms with E-state index in [-0.39, 0.29) is 5.92 Å². The van der Waals surface area contributed by atoms with Crippen LogP contribution in [0.2, 0.25) is 0 Å². The first-order chi connectivity index (χ1) is 10.2. The predicted molar refractivity (Wildman–Crippen MR) is 85.7 cm³/mol. The van der Waals surface area contributed by atoms with Crippen LogP contribution in [-0.4, -0.2) is 18.9 Å². The Morgan fingerprint density at radius 1 is 1.05 bits per heavy atom. The Morgan fingerprint density at radius 3 is 2.71 bits per heavy atom. The zero-order valence-electron chi connectivity index (χ0n) is 12.3. The highest BCUT2D eigenvalue weighted by atomic mass is 16.1. The number of piperidine rings is 1. The number of anilines is 1. The molecule has 0 bridgehead atoms. The zero-order chi connectivity index (χ0) is 14.4. The first-order valence-electron chi connectivity index (χ1n) is 7.71. The fraction of sp³-hybridized carbons (Fsp3) is 0.316. The van der Waals surface area contributed by atoms with E-state index in [4.69, 9.17) is 0 Å². The maximum Gasteiger partial charge on any atom is 0.139 e. The number of benzene rings is 2. The number of carbonyl (C=O) groups excluding carboxylic acids is 1. The third kappa shape index (κ3) is 2.06. The van der Waals surface area contributed by atoms with Gasteiger partial charge < -0.3 is 4.90 Å². The minimum Gasteiger partial charge on any atom is -0.370 e. The number of ketones is 1. The number of nitrogens with zero attached hydrogens (tertiary/aromatic N) is 1. The summed E-state index contributed by atoms with van der Waals surface area (Å²) in [6.07, 6.45) is 1.71. The van der Waals surface area contributed by atoms with Crippen molar-refractivity contribution in [3.8, 4) is 11.1 Å². The molecule has 1 atom stereocenters. The van der Waals surface area contributed by atoms with Crippen molar-refractivity contribution in [2.75, 3.05) is 18.0 Å². The average Bonchev–Trinajstić information content (AvgIpc) is 2.87. The molecular formula is C19H19NO. The molecule has 0 amide bonds. The summed E-state index contributed by atoms with van der Waals surface area (Å²) in [5.41, 5.74) is 6.85. The van der Waals surface area contributed by atoms with E-state index < -0.39 is 0 Å². The molecular weight excluding hydrogens is 258 g/mol. The fourth-order valence-electron chi connectivity index (χ4n) is 3.58. The molecule has 0 spiro atoms. The van der Waals surface area contributed by atoms with Gasteiger partial charge in [0, 0.05) is 31.1 Å². The van der Waals surface area contributed by atoms with Gasteiger partial charge in [-0.15, -0.1) is 0 Å². The minimum absolute atomic E-state index is 0.157. The lowest BCUT2D eigenvalue weighted by Gasteiger charge is -2.32. The summed E-state index contributed by atoms with van der Waals surface area (Å²) in [5, 5.41) is 0. The van der Waals surface area contributed by atoms with E-state index in [1.54, 1.807) is 0 Å². The normalized spacial score (nSPS) is 20.3. The molecule has 2 aliphatic rings. The van der Waals surface area contributed by atoms with E-state index in [1.807, 2.05) is 6.92 Å². The summed E-state index contributed by atoms with van der Waals surface area (Å²) in [6.45, 7) is 3.75. The molecule has 1 aliphatic carbocycles. The van der Waals surface area contributed by atoms with Crippen molar-refractivity contribution in [2.45, 2.75) is 19.8 Å². The van der Waals surface area contributed by atoms with Crippen molar-refractivity contribution in [1.82, 2.24) is 0 Å². The van der Waals surface area contributed by atoms with Gasteiger partial charge in [-0.3, -0.25) is 4.79 Å². The molecule has 0 radical (unpaired) electrons. The zero-order valence-corrected chi connectivity index (χ0v) is 12.3. The van der Waals surface area contributed by atoms with Crippen molar-refractivity contribution in [2.24, 2.45) is 5.92 Å². The molecule has 0 saturated carbocycles. The van der Waals surface area contributed by atoms with Crippen molar-refractivity contribution in [3.63, 3.8) is 0 Å². The first-order valence-corrected chi connectivity index (χ1v) is 7.71. The summed E-state index contributed by atoms with van der Waals surface area (Å²) in [6, 6.07) is 15.4. The van der Waals surface area contributed by atoms with Gasteiger partial charge in [-0.05, 0) is 40.8 Å². The number of rotatable bonds is 1. The standard InChI is InChI=1S/C19H19NO/c1-13-12-20(9-8-19(13)21)16-6-7-18-15(11-16)10-14-4-2-3-5-17(14)18/h2-7,11,13H,8-10,12H2,1H3. The maximum absolute atomic E-state index is 11.7. The predicted octanol–water partition coefficient (Wildman–Crippen LogP) is 3.67. The summed E-state index contributed by atoms with van der Waals surface area (Å²) in [4.78, 5) is 14.0. The van der Waals surface area contributed by atoms with Gasteiger partial charge in [0.05, 0.1) is 0 Å². The van der Waals surface area contributed by atoms with Crippen molar-refractivity contribution in [1.29, 1.82) is 0 Å².